The second kappa shape index (κ2) is 13.9. The molecule has 0 unspecified atom stereocenters. The number of ether oxygens (including phenoxy) is 1. The van der Waals surface area contributed by atoms with Crippen LogP contribution in [-0.2, 0) is 19.2 Å². The van der Waals surface area contributed by atoms with Gasteiger partial charge in [-0.25, -0.2) is 30.7 Å². The molecule has 0 atom stereocenters. The van der Waals surface area contributed by atoms with Gasteiger partial charge >= 0.3 is 6.11 Å². The number of halogens is 9. The standard InChI is InChI=1S/C37H27F9O/c1-2-3-4-5-21-6-8-22(9-7-21)23-10-12-27(30(39)14-23)25-17-34(43)36(35(44)18-25)37(45,46)47-26-11-13-28(33(42)19-26)24-15-31(40)29(20-38)32(41)16-24/h6-19H,2-5,20H2,1H3. The smallest absolute Gasteiger partial charge is 0.429 e. The first kappa shape index (κ1) is 33.6. The number of unbranched alkanes of at least 4 members (excludes halogenated alkanes) is 2. The number of hydrogen-bond acceptors (Lipinski definition) is 1. The van der Waals surface area contributed by atoms with Crippen LogP contribution in [0.1, 0.15) is 42.9 Å². The lowest BCUT2D eigenvalue weighted by Crippen LogP contribution is -2.25. The third-order valence-electron chi connectivity index (χ3n) is 7.74. The van der Waals surface area contributed by atoms with Gasteiger partial charge in [-0.3, -0.25) is 0 Å². The van der Waals surface area contributed by atoms with Crippen molar-refractivity contribution in [3.63, 3.8) is 0 Å². The summed E-state index contributed by atoms with van der Waals surface area (Å²) in [6, 6.07) is 16.1. The van der Waals surface area contributed by atoms with Crippen LogP contribution < -0.4 is 4.74 Å². The van der Waals surface area contributed by atoms with Crippen molar-refractivity contribution in [3.05, 3.63) is 137 Å². The van der Waals surface area contributed by atoms with E-state index in [0.717, 1.165) is 48.9 Å². The molecule has 0 saturated heterocycles. The van der Waals surface area contributed by atoms with Crippen molar-refractivity contribution >= 4 is 0 Å². The lowest BCUT2D eigenvalue weighted by Gasteiger charge is -2.20. The zero-order valence-electron chi connectivity index (χ0n) is 24.9. The van der Waals surface area contributed by atoms with Gasteiger partial charge in [0.1, 0.15) is 52.9 Å². The van der Waals surface area contributed by atoms with Crippen molar-refractivity contribution in [2.45, 2.75) is 45.4 Å². The van der Waals surface area contributed by atoms with E-state index < -0.39 is 70.1 Å². The molecule has 10 heteroatoms. The minimum Gasteiger partial charge on any atom is -0.429 e. The van der Waals surface area contributed by atoms with Crippen LogP contribution in [0.3, 0.4) is 0 Å². The second-order valence-corrected chi connectivity index (χ2v) is 11.0. The first-order valence-corrected chi connectivity index (χ1v) is 14.7. The van der Waals surface area contributed by atoms with E-state index in [1.807, 2.05) is 24.3 Å². The summed E-state index contributed by atoms with van der Waals surface area (Å²) in [7, 11) is 0. The first-order valence-electron chi connectivity index (χ1n) is 14.7. The van der Waals surface area contributed by atoms with Crippen LogP contribution in [0.4, 0.5) is 39.5 Å². The van der Waals surface area contributed by atoms with E-state index in [2.05, 4.69) is 11.7 Å². The fourth-order valence-corrected chi connectivity index (χ4v) is 5.26. The van der Waals surface area contributed by atoms with Gasteiger partial charge in [-0.1, -0.05) is 56.2 Å². The maximum atomic E-state index is 15.2. The van der Waals surface area contributed by atoms with E-state index in [1.165, 1.54) is 12.1 Å². The largest absolute Gasteiger partial charge is 0.432 e. The zero-order chi connectivity index (χ0) is 33.9. The van der Waals surface area contributed by atoms with Gasteiger partial charge in [0.25, 0.3) is 0 Å². The Labute approximate surface area is 265 Å². The predicted molar refractivity (Wildman–Crippen MR) is 162 cm³/mol. The molecule has 0 N–H and O–H groups in total. The van der Waals surface area contributed by atoms with E-state index in [-0.39, 0.29) is 16.7 Å². The van der Waals surface area contributed by atoms with Crippen LogP contribution in [0.25, 0.3) is 33.4 Å². The van der Waals surface area contributed by atoms with Gasteiger partial charge in [-0.05, 0) is 83.1 Å². The number of benzene rings is 5. The van der Waals surface area contributed by atoms with Crippen LogP contribution in [0.2, 0.25) is 0 Å². The summed E-state index contributed by atoms with van der Waals surface area (Å²) in [5.74, 6) is -9.01. The van der Waals surface area contributed by atoms with Crippen molar-refractivity contribution in [1.82, 2.24) is 0 Å². The molecule has 5 rings (SSSR count). The van der Waals surface area contributed by atoms with E-state index in [4.69, 9.17) is 0 Å². The van der Waals surface area contributed by atoms with Gasteiger partial charge < -0.3 is 4.74 Å². The van der Waals surface area contributed by atoms with E-state index in [9.17, 15) is 17.6 Å². The Bertz CT molecular complexity index is 1860. The molecule has 5 aromatic rings. The molecule has 47 heavy (non-hydrogen) atoms. The van der Waals surface area contributed by atoms with Gasteiger partial charge in [-0.15, -0.1) is 0 Å². The zero-order valence-corrected chi connectivity index (χ0v) is 24.9. The first-order chi connectivity index (χ1) is 22.4. The normalized spacial score (nSPS) is 11.6. The average Bonchev–Trinajstić information content (AvgIpc) is 3.00. The van der Waals surface area contributed by atoms with E-state index in [0.29, 0.717) is 35.9 Å². The minimum atomic E-state index is -4.66. The number of hydrogen-bond donors (Lipinski definition) is 0. The minimum absolute atomic E-state index is 0.233. The lowest BCUT2D eigenvalue weighted by molar-refractivity contribution is -0.189. The third-order valence-corrected chi connectivity index (χ3v) is 7.74. The fourth-order valence-electron chi connectivity index (χ4n) is 5.26. The Morgan fingerprint density at radius 3 is 1.60 bits per heavy atom. The Morgan fingerprint density at radius 1 is 0.553 bits per heavy atom. The Kier molecular flexibility index (Phi) is 9.98. The maximum absolute atomic E-state index is 15.2. The summed E-state index contributed by atoms with van der Waals surface area (Å²) in [5, 5.41) is 0. The van der Waals surface area contributed by atoms with Crippen LogP contribution in [0, 0.1) is 34.9 Å². The van der Waals surface area contributed by atoms with Crippen LogP contribution >= 0.6 is 0 Å². The van der Waals surface area contributed by atoms with E-state index in [1.54, 1.807) is 6.07 Å². The Balaban J connectivity index is 1.36. The van der Waals surface area contributed by atoms with Crippen molar-refractivity contribution in [2.75, 3.05) is 0 Å². The second-order valence-electron chi connectivity index (χ2n) is 11.0. The van der Waals surface area contributed by atoms with Crippen LogP contribution in [0.15, 0.2) is 84.9 Å². The van der Waals surface area contributed by atoms with Gasteiger partial charge in [0, 0.05) is 17.2 Å². The molecular weight excluding hydrogens is 631 g/mol. The average molecular weight is 659 g/mol. The molecule has 0 bridgehead atoms. The van der Waals surface area contributed by atoms with Gasteiger partial charge in [0.15, 0.2) is 0 Å². The summed E-state index contributed by atoms with van der Waals surface area (Å²) in [6.45, 7) is 0.677. The summed E-state index contributed by atoms with van der Waals surface area (Å²) in [5.41, 5.74) is -1.65. The number of rotatable bonds is 11. The highest BCUT2D eigenvalue weighted by atomic mass is 19.3. The molecule has 244 valence electrons. The van der Waals surface area contributed by atoms with Crippen molar-refractivity contribution in [1.29, 1.82) is 0 Å². The molecule has 0 amide bonds. The molecule has 5 aromatic carbocycles. The third kappa shape index (κ3) is 7.32. The summed E-state index contributed by atoms with van der Waals surface area (Å²) >= 11 is 0. The van der Waals surface area contributed by atoms with Crippen molar-refractivity contribution in [2.24, 2.45) is 0 Å². The molecule has 0 aliphatic rings. The number of alkyl halides is 3. The Morgan fingerprint density at radius 2 is 1.06 bits per heavy atom. The predicted octanol–water partition coefficient (Wildman–Crippen LogP) is 11.9. The molecule has 0 spiro atoms. The molecule has 0 aliphatic carbocycles. The van der Waals surface area contributed by atoms with Gasteiger partial charge in [0.05, 0.1) is 5.56 Å². The molecule has 0 radical (unpaired) electrons. The maximum Gasteiger partial charge on any atom is 0.432 e. The fraction of sp³-hybridized carbons (Fsp3) is 0.189. The summed E-state index contributed by atoms with van der Waals surface area (Å²) in [4.78, 5) is 0. The highest BCUT2D eigenvalue weighted by molar-refractivity contribution is 5.72. The molecule has 0 fully saturated rings. The molecular formula is C37H27F9O. The number of aryl methyl sites for hydroxylation is 1. The lowest BCUT2D eigenvalue weighted by atomic mass is 9.97. The van der Waals surface area contributed by atoms with Gasteiger partial charge in [0.2, 0.25) is 0 Å². The topological polar surface area (TPSA) is 9.23 Å². The van der Waals surface area contributed by atoms with Gasteiger partial charge in [-0.2, -0.15) is 8.78 Å². The highest BCUT2D eigenvalue weighted by Crippen LogP contribution is 2.39. The van der Waals surface area contributed by atoms with Crippen molar-refractivity contribution in [3.8, 4) is 39.1 Å². The molecule has 0 aliphatic heterocycles. The van der Waals surface area contributed by atoms with Crippen molar-refractivity contribution < 1.29 is 44.3 Å². The SMILES string of the molecule is CCCCCc1ccc(-c2ccc(-c3cc(F)c(C(F)(F)Oc4ccc(-c5cc(F)c(CF)c(F)c5)c(F)c4)c(F)c3)c(F)c2)cc1. The summed E-state index contributed by atoms with van der Waals surface area (Å²) in [6.07, 6.45) is -0.466. The molecule has 1 nitrogen and oxygen atoms in total. The highest BCUT2D eigenvalue weighted by Gasteiger charge is 2.41. The molecule has 0 aromatic heterocycles. The van der Waals surface area contributed by atoms with Crippen LogP contribution in [0.5, 0.6) is 5.75 Å². The Hall–Kier alpha value is -4.73. The van der Waals surface area contributed by atoms with E-state index >= 15 is 22.0 Å². The molecule has 0 heterocycles. The molecule has 0 saturated carbocycles. The van der Waals surface area contributed by atoms with Crippen LogP contribution in [-0.4, -0.2) is 0 Å². The quantitative estimate of drug-likeness (QED) is 0.101. The monoisotopic (exact) mass is 658 g/mol. The summed E-state index contributed by atoms with van der Waals surface area (Å²) < 4.78 is 135.